The van der Waals surface area contributed by atoms with Crippen LogP contribution in [0.5, 0.6) is 5.75 Å². The highest BCUT2D eigenvalue weighted by atomic mass is 19.4. The van der Waals surface area contributed by atoms with E-state index in [0.29, 0.717) is 12.2 Å². The number of amides is 1. The fourth-order valence-corrected chi connectivity index (χ4v) is 1.34. The first-order chi connectivity index (χ1) is 9.90. The van der Waals surface area contributed by atoms with Gasteiger partial charge in [0, 0.05) is 12.7 Å². The lowest BCUT2D eigenvalue weighted by molar-refractivity contribution is -0.153. The van der Waals surface area contributed by atoms with Gasteiger partial charge < -0.3 is 14.8 Å². The Balaban J connectivity index is 2.40. The number of rotatable bonds is 7. The number of alkyl halides is 3. The van der Waals surface area contributed by atoms with E-state index in [2.05, 4.69) is 15.0 Å². The molecule has 0 spiro atoms. The highest BCUT2D eigenvalue weighted by molar-refractivity contribution is 5.67. The third-order valence-electron chi connectivity index (χ3n) is 2.34. The Kier molecular flexibility index (Phi) is 6.77. The zero-order chi connectivity index (χ0) is 15.7. The van der Waals surface area contributed by atoms with Crippen molar-refractivity contribution < 1.29 is 27.4 Å². The SMILES string of the molecule is CCCCOC(=O)NCc1cncc(OCC(F)(F)F)c1. The molecule has 1 rings (SSSR count). The molecule has 118 valence electrons. The van der Waals surface area contributed by atoms with E-state index >= 15 is 0 Å². The molecule has 0 atom stereocenters. The van der Waals surface area contributed by atoms with E-state index in [4.69, 9.17) is 4.74 Å². The largest absolute Gasteiger partial charge is 0.482 e. The summed E-state index contributed by atoms with van der Waals surface area (Å²) in [5.74, 6) is -0.00836. The number of unbranched alkanes of at least 4 members (excludes halogenated alkanes) is 1. The van der Waals surface area contributed by atoms with Crippen LogP contribution in [0.4, 0.5) is 18.0 Å². The van der Waals surface area contributed by atoms with E-state index in [1.165, 1.54) is 18.5 Å². The summed E-state index contributed by atoms with van der Waals surface area (Å²) < 4.78 is 45.5. The number of aromatic nitrogens is 1. The molecule has 0 radical (unpaired) electrons. The first-order valence-corrected chi connectivity index (χ1v) is 6.45. The Labute approximate surface area is 120 Å². The van der Waals surface area contributed by atoms with E-state index in [-0.39, 0.29) is 12.3 Å². The number of hydrogen-bond donors (Lipinski definition) is 1. The first kappa shape index (κ1) is 17.1. The quantitative estimate of drug-likeness (QED) is 0.787. The van der Waals surface area contributed by atoms with Gasteiger partial charge in [0.25, 0.3) is 0 Å². The molecule has 21 heavy (non-hydrogen) atoms. The fourth-order valence-electron chi connectivity index (χ4n) is 1.34. The summed E-state index contributed by atoms with van der Waals surface area (Å²) >= 11 is 0. The topological polar surface area (TPSA) is 60.5 Å². The molecule has 0 saturated carbocycles. The van der Waals surface area contributed by atoms with Crippen LogP contribution in [0, 0.1) is 0 Å². The van der Waals surface area contributed by atoms with Crippen LogP contribution in [0.3, 0.4) is 0 Å². The van der Waals surface area contributed by atoms with Crippen molar-refractivity contribution in [3.8, 4) is 5.75 Å². The maximum atomic E-state index is 12.0. The summed E-state index contributed by atoms with van der Waals surface area (Å²) in [6, 6.07) is 1.38. The number of alkyl carbamates (subject to hydrolysis) is 1. The minimum absolute atomic E-state index is 0.00836. The zero-order valence-electron chi connectivity index (χ0n) is 11.6. The van der Waals surface area contributed by atoms with Crippen molar-refractivity contribution in [2.45, 2.75) is 32.5 Å². The summed E-state index contributed by atoms with van der Waals surface area (Å²) in [6.07, 6.45) is -0.699. The van der Waals surface area contributed by atoms with Crippen LogP contribution >= 0.6 is 0 Å². The maximum absolute atomic E-state index is 12.0. The van der Waals surface area contributed by atoms with E-state index in [0.717, 1.165) is 12.8 Å². The monoisotopic (exact) mass is 306 g/mol. The Hall–Kier alpha value is -1.99. The van der Waals surface area contributed by atoms with Gasteiger partial charge in [-0.2, -0.15) is 13.2 Å². The summed E-state index contributed by atoms with van der Waals surface area (Å²) in [6.45, 7) is 1.01. The standard InChI is InChI=1S/C13H17F3N2O3/c1-2-3-4-20-12(19)18-7-10-5-11(8-17-6-10)21-9-13(14,15)16/h5-6,8H,2-4,7,9H2,1H3,(H,18,19). The van der Waals surface area contributed by atoms with Crippen molar-refractivity contribution in [2.24, 2.45) is 0 Å². The lowest BCUT2D eigenvalue weighted by atomic mass is 10.3. The lowest BCUT2D eigenvalue weighted by Gasteiger charge is -2.10. The van der Waals surface area contributed by atoms with Crippen LogP contribution in [-0.4, -0.2) is 30.5 Å². The Bertz CT molecular complexity index is 453. The summed E-state index contributed by atoms with van der Waals surface area (Å²) in [4.78, 5) is 15.1. The van der Waals surface area contributed by atoms with Gasteiger partial charge in [0.05, 0.1) is 12.8 Å². The fraction of sp³-hybridized carbons (Fsp3) is 0.538. The van der Waals surface area contributed by atoms with E-state index in [1.807, 2.05) is 6.92 Å². The van der Waals surface area contributed by atoms with Crippen molar-refractivity contribution in [3.63, 3.8) is 0 Å². The third kappa shape index (κ3) is 8.01. The average Bonchev–Trinajstić information content (AvgIpc) is 2.43. The highest BCUT2D eigenvalue weighted by Gasteiger charge is 2.28. The number of nitrogens with zero attached hydrogens (tertiary/aromatic N) is 1. The predicted octanol–water partition coefficient (Wildman–Crippen LogP) is 3.05. The average molecular weight is 306 g/mol. The van der Waals surface area contributed by atoms with Crippen molar-refractivity contribution in [3.05, 3.63) is 24.0 Å². The molecule has 0 fully saturated rings. The molecule has 0 aliphatic heterocycles. The molecule has 5 nitrogen and oxygen atoms in total. The second-order valence-corrected chi connectivity index (χ2v) is 4.28. The van der Waals surface area contributed by atoms with Gasteiger partial charge >= 0.3 is 12.3 Å². The van der Waals surface area contributed by atoms with Crippen molar-refractivity contribution in [1.29, 1.82) is 0 Å². The minimum atomic E-state index is -4.41. The first-order valence-electron chi connectivity index (χ1n) is 6.45. The van der Waals surface area contributed by atoms with Crippen LogP contribution in [0.15, 0.2) is 18.5 Å². The summed E-state index contributed by atoms with van der Waals surface area (Å²) in [5, 5.41) is 2.48. The molecule has 8 heteroatoms. The molecule has 0 aliphatic rings. The highest BCUT2D eigenvalue weighted by Crippen LogP contribution is 2.18. The molecule has 1 heterocycles. The molecule has 0 aromatic carbocycles. The zero-order valence-corrected chi connectivity index (χ0v) is 11.6. The second kappa shape index (κ2) is 8.33. The predicted molar refractivity (Wildman–Crippen MR) is 68.9 cm³/mol. The minimum Gasteiger partial charge on any atom is -0.482 e. The molecular weight excluding hydrogens is 289 g/mol. The Morgan fingerprint density at radius 3 is 2.81 bits per heavy atom. The van der Waals surface area contributed by atoms with Gasteiger partial charge in [-0.05, 0) is 18.1 Å². The summed E-state index contributed by atoms with van der Waals surface area (Å²) in [5.41, 5.74) is 0.516. The van der Waals surface area contributed by atoms with Crippen LogP contribution in [-0.2, 0) is 11.3 Å². The number of carbonyl (C=O) groups excluding carboxylic acids is 1. The number of ether oxygens (including phenoxy) is 2. The van der Waals surface area contributed by atoms with Gasteiger partial charge in [-0.25, -0.2) is 4.79 Å². The van der Waals surface area contributed by atoms with E-state index in [1.54, 1.807) is 0 Å². The molecule has 1 aromatic rings. The van der Waals surface area contributed by atoms with E-state index in [9.17, 15) is 18.0 Å². The van der Waals surface area contributed by atoms with Gasteiger partial charge in [0.15, 0.2) is 6.61 Å². The Morgan fingerprint density at radius 1 is 1.38 bits per heavy atom. The number of halogens is 3. The molecule has 0 saturated heterocycles. The smallest absolute Gasteiger partial charge is 0.422 e. The van der Waals surface area contributed by atoms with E-state index < -0.39 is 18.9 Å². The lowest BCUT2D eigenvalue weighted by Crippen LogP contribution is -2.24. The normalized spacial score (nSPS) is 11.0. The summed E-state index contributed by atoms with van der Waals surface area (Å²) in [7, 11) is 0. The van der Waals surface area contributed by atoms with Crippen molar-refractivity contribution in [1.82, 2.24) is 10.3 Å². The molecule has 0 bridgehead atoms. The van der Waals surface area contributed by atoms with Gasteiger partial charge in [-0.3, -0.25) is 4.98 Å². The molecule has 1 aromatic heterocycles. The van der Waals surface area contributed by atoms with Gasteiger partial charge in [-0.1, -0.05) is 13.3 Å². The molecular formula is C13H17F3N2O3. The van der Waals surface area contributed by atoms with Crippen LogP contribution in [0.25, 0.3) is 0 Å². The van der Waals surface area contributed by atoms with Gasteiger partial charge in [0.1, 0.15) is 5.75 Å². The molecule has 0 aliphatic carbocycles. The second-order valence-electron chi connectivity index (χ2n) is 4.28. The van der Waals surface area contributed by atoms with Gasteiger partial charge in [-0.15, -0.1) is 0 Å². The van der Waals surface area contributed by atoms with Gasteiger partial charge in [0.2, 0.25) is 0 Å². The number of carbonyl (C=O) groups is 1. The number of pyridine rings is 1. The van der Waals surface area contributed by atoms with Crippen molar-refractivity contribution in [2.75, 3.05) is 13.2 Å². The molecule has 1 amide bonds. The van der Waals surface area contributed by atoms with Crippen LogP contribution in [0.2, 0.25) is 0 Å². The van der Waals surface area contributed by atoms with Crippen molar-refractivity contribution >= 4 is 6.09 Å². The number of hydrogen-bond acceptors (Lipinski definition) is 4. The number of nitrogens with one attached hydrogen (secondary N) is 1. The maximum Gasteiger partial charge on any atom is 0.422 e. The third-order valence-corrected chi connectivity index (χ3v) is 2.34. The molecule has 0 unspecified atom stereocenters. The molecule has 1 N–H and O–H groups in total. The van der Waals surface area contributed by atoms with Crippen LogP contribution < -0.4 is 10.1 Å². The Morgan fingerprint density at radius 2 is 2.14 bits per heavy atom. The van der Waals surface area contributed by atoms with Crippen LogP contribution in [0.1, 0.15) is 25.3 Å².